The number of benzene rings is 4. The maximum Gasteiger partial charge on any atom is 0.261 e. The molecule has 1 atom stereocenters. The zero-order valence-corrected chi connectivity index (χ0v) is 23.1. The molecule has 0 aliphatic carbocycles. The van der Waals surface area contributed by atoms with Crippen LogP contribution in [0.3, 0.4) is 0 Å². The first-order valence-corrected chi connectivity index (χ1v) is 13.9. The normalized spacial score (nSPS) is 15.4. The molecule has 0 saturated heterocycles. The van der Waals surface area contributed by atoms with Crippen LogP contribution in [-0.2, 0) is 0 Å². The number of fused-ring (bicyclic) bond motifs is 4. The van der Waals surface area contributed by atoms with Crippen LogP contribution in [0.15, 0.2) is 103 Å². The Morgan fingerprint density at radius 3 is 2.26 bits per heavy atom. The molecule has 42 heavy (non-hydrogen) atoms. The number of carbonyl (C=O) groups excluding carboxylic acids is 1. The smallest absolute Gasteiger partial charge is 0.261 e. The lowest BCUT2D eigenvalue weighted by atomic mass is 9.92. The molecule has 1 unspecified atom stereocenters. The van der Waals surface area contributed by atoms with E-state index >= 15 is 0 Å². The van der Waals surface area contributed by atoms with Crippen LogP contribution >= 0.6 is 0 Å². The first kappa shape index (κ1) is 24.4. The molecule has 0 radical (unpaired) electrons. The van der Waals surface area contributed by atoms with E-state index < -0.39 is 6.04 Å². The number of carbonyl (C=O) groups is 1. The predicted octanol–water partition coefficient (Wildman–Crippen LogP) is 7.18. The lowest BCUT2D eigenvalue weighted by Crippen LogP contribution is -2.28. The molecule has 8 rings (SSSR count). The SMILES string of the molecule is Cc1ccc(N2C(=O)c3c(-c4ccccc4)nc4c(c(C)nn4-c4ccccc4)c3C2c2ccc3c(c2)OCO3)cc1. The fourth-order valence-corrected chi connectivity index (χ4v) is 6.13. The van der Waals surface area contributed by atoms with Gasteiger partial charge in [0.1, 0.15) is 0 Å². The quantitative estimate of drug-likeness (QED) is 0.233. The predicted molar refractivity (Wildman–Crippen MR) is 161 cm³/mol. The second-order valence-corrected chi connectivity index (χ2v) is 10.7. The van der Waals surface area contributed by atoms with Crippen molar-refractivity contribution >= 4 is 22.6 Å². The zero-order valence-electron chi connectivity index (χ0n) is 23.1. The monoisotopic (exact) mass is 550 g/mol. The lowest BCUT2D eigenvalue weighted by molar-refractivity contribution is 0.0994. The fraction of sp³-hybridized carbons (Fsp3) is 0.114. The van der Waals surface area contributed by atoms with E-state index in [1.807, 2.05) is 127 Å². The number of aryl methyl sites for hydroxylation is 2. The largest absolute Gasteiger partial charge is 0.454 e. The van der Waals surface area contributed by atoms with Crippen molar-refractivity contribution in [3.63, 3.8) is 0 Å². The van der Waals surface area contributed by atoms with Gasteiger partial charge in [-0.15, -0.1) is 0 Å². The van der Waals surface area contributed by atoms with Gasteiger partial charge in [-0.3, -0.25) is 9.69 Å². The molecule has 6 aromatic rings. The van der Waals surface area contributed by atoms with Crippen molar-refractivity contribution in [2.24, 2.45) is 0 Å². The molecule has 2 aliphatic heterocycles. The second kappa shape index (κ2) is 9.31. The van der Waals surface area contributed by atoms with Gasteiger partial charge >= 0.3 is 0 Å². The van der Waals surface area contributed by atoms with Crippen molar-refractivity contribution in [2.45, 2.75) is 19.9 Å². The van der Waals surface area contributed by atoms with Crippen molar-refractivity contribution in [3.8, 4) is 28.4 Å². The minimum absolute atomic E-state index is 0.100. The minimum atomic E-state index is -0.440. The van der Waals surface area contributed by atoms with Crippen molar-refractivity contribution in [1.82, 2.24) is 14.8 Å². The van der Waals surface area contributed by atoms with Gasteiger partial charge < -0.3 is 9.47 Å². The van der Waals surface area contributed by atoms with Gasteiger partial charge in [-0.25, -0.2) is 9.67 Å². The summed E-state index contributed by atoms with van der Waals surface area (Å²) in [4.78, 5) is 21.8. The Balaban J connectivity index is 1.48. The number of nitrogens with zero attached hydrogens (tertiary/aromatic N) is 4. The van der Waals surface area contributed by atoms with Gasteiger partial charge in [-0.2, -0.15) is 5.10 Å². The van der Waals surface area contributed by atoms with E-state index in [1.165, 1.54) is 0 Å². The lowest BCUT2D eigenvalue weighted by Gasteiger charge is -2.26. The Hall–Kier alpha value is -5.43. The summed E-state index contributed by atoms with van der Waals surface area (Å²) >= 11 is 0. The Morgan fingerprint density at radius 2 is 1.50 bits per heavy atom. The molecule has 0 fully saturated rings. The summed E-state index contributed by atoms with van der Waals surface area (Å²) in [7, 11) is 0. The molecule has 0 saturated carbocycles. The van der Waals surface area contributed by atoms with Crippen LogP contribution < -0.4 is 14.4 Å². The Morgan fingerprint density at radius 1 is 0.786 bits per heavy atom. The Bertz CT molecular complexity index is 2000. The highest BCUT2D eigenvalue weighted by Crippen LogP contribution is 2.49. The van der Waals surface area contributed by atoms with Crippen molar-refractivity contribution < 1.29 is 14.3 Å². The fourth-order valence-electron chi connectivity index (χ4n) is 6.13. The summed E-state index contributed by atoms with van der Waals surface area (Å²) in [6.45, 7) is 4.21. The number of rotatable bonds is 4. The van der Waals surface area contributed by atoms with E-state index in [-0.39, 0.29) is 12.7 Å². The Labute approximate surface area is 242 Å². The highest BCUT2D eigenvalue weighted by atomic mass is 16.7. The molecule has 2 aliphatic rings. The van der Waals surface area contributed by atoms with Crippen LogP contribution in [0.4, 0.5) is 5.69 Å². The highest BCUT2D eigenvalue weighted by Gasteiger charge is 2.44. The van der Waals surface area contributed by atoms with Crippen LogP contribution in [0.2, 0.25) is 0 Å². The number of amides is 1. The molecule has 7 heteroatoms. The highest BCUT2D eigenvalue weighted by molar-refractivity contribution is 6.18. The number of ether oxygens (including phenoxy) is 2. The third-order valence-electron chi connectivity index (χ3n) is 8.07. The van der Waals surface area contributed by atoms with Gasteiger partial charge in [-0.05, 0) is 55.8 Å². The number of hydrogen-bond acceptors (Lipinski definition) is 5. The van der Waals surface area contributed by atoms with E-state index in [9.17, 15) is 4.79 Å². The third kappa shape index (κ3) is 3.63. The summed E-state index contributed by atoms with van der Waals surface area (Å²) in [5.74, 6) is 1.27. The number of para-hydroxylation sites is 1. The van der Waals surface area contributed by atoms with Crippen LogP contribution in [0.25, 0.3) is 28.0 Å². The van der Waals surface area contributed by atoms with Crippen LogP contribution in [0.5, 0.6) is 11.5 Å². The summed E-state index contributed by atoms with van der Waals surface area (Å²) in [5.41, 5.74) is 8.27. The molecule has 4 heterocycles. The number of pyridine rings is 1. The molecular weight excluding hydrogens is 524 g/mol. The van der Waals surface area contributed by atoms with E-state index in [4.69, 9.17) is 19.6 Å². The molecular formula is C35H26N4O3. The summed E-state index contributed by atoms with van der Waals surface area (Å²) in [5, 5.41) is 5.85. The summed E-state index contributed by atoms with van der Waals surface area (Å²) in [6, 6.07) is 33.5. The van der Waals surface area contributed by atoms with Gasteiger partial charge in [0, 0.05) is 22.2 Å². The molecule has 204 valence electrons. The van der Waals surface area contributed by atoms with Gasteiger partial charge in [0.05, 0.1) is 28.7 Å². The third-order valence-corrected chi connectivity index (χ3v) is 8.07. The summed E-state index contributed by atoms with van der Waals surface area (Å²) < 4.78 is 13.3. The summed E-state index contributed by atoms with van der Waals surface area (Å²) in [6.07, 6.45) is 0. The van der Waals surface area contributed by atoms with E-state index in [0.717, 1.165) is 44.7 Å². The van der Waals surface area contributed by atoms with Crippen LogP contribution in [0, 0.1) is 13.8 Å². The van der Waals surface area contributed by atoms with Gasteiger partial charge in [0.2, 0.25) is 6.79 Å². The average molecular weight is 551 g/mol. The molecule has 7 nitrogen and oxygen atoms in total. The van der Waals surface area contributed by atoms with Crippen molar-refractivity contribution in [2.75, 3.05) is 11.7 Å². The van der Waals surface area contributed by atoms with Crippen molar-refractivity contribution in [1.29, 1.82) is 0 Å². The second-order valence-electron chi connectivity index (χ2n) is 10.7. The van der Waals surface area contributed by atoms with Gasteiger partial charge in [0.15, 0.2) is 17.1 Å². The van der Waals surface area contributed by atoms with E-state index in [0.29, 0.717) is 28.4 Å². The maximum atomic E-state index is 14.7. The standard InChI is InChI=1S/C35H26N4O3/c1-21-13-16-25(17-14-21)38-33(24-15-18-27-28(19-24)42-20-41-27)30-29-22(2)37-39(26-11-7-4-8-12-26)34(29)36-32(31(30)35(38)40)23-9-5-3-6-10-23/h3-19,33H,20H2,1-2H3. The van der Waals surface area contributed by atoms with E-state index in [2.05, 4.69) is 0 Å². The van der Waals surface area contributed by atoms with Crippen LogP contribution in [0.1, 0.15) is 38.8 Å². The minimum Gasteiger partial charge on any atom is -0.454 e. The topological polar surface area (TPSA) is 69.5 Å². The zero-order chi connectivity index (χ0) is 28.4. The maximum absolute atomic E-state index is 14.7. The molecule has 0 bridgehead atoms. The molecule has 0 N–H and O–H groups in total. The average Bonchev–Trinajstić information content (AvgIpc) is 3.72. The van der Waals surface area contributed by atoms with Crippen molar-refractivity contribution in [3.05, 3.63) is 131 Å². The first-order valence-electron chi connectivity index (χ1n) is 13.9. The molecule has 0 spiro atoms. The molecule has 2 aromatic heterocycles. The van der Waals surface area contributed by atoms with Gasteiger partial charge in [-0.1, -0.05) is 72.3 Å². The molecule has 4 aromatic carbocycles. The molecule has 1 amide bonds. The number of hydrogen-bond donors (Lipinski definition) is 0. The first-order chi connectivity index (χ1) is 20.6. The number of anilines is 1. The Kier molecular flexibility index (Phi) is 5.40. The van der Waals surface area contributed by atoms with Crippen LogP contribution in [-0.4, -0.2) is 27.5 Å². The van der Waals surface area contributed by atoms with Gasteiger partial charge in [0.25, 0.3) is 5.91 Å². The van der Waals surface area contributed by atoms with E-state index in [1.54, 1.807) is 0 Å². The number of aromatic nitrogens is 3.